The SMILES string of the molecule is O=C(c1c(F)cccc1F)N(Cc1c(F)cccc1F)c1ccc(Cl)cc1[N+](=O)[O-]. The highest BCUT2D eigenvalue weighted by Crippen LogP contribution is 2.34. The molecule has 0 aliphatic heterocycles. The summed E-state index contributed by atoms with van der Waals surface area (Å²) < 4.78 is 56.8. The summed E-state index contributed by atoms with van der Waals surface area (Å²) in [6, 6.07) is 8.72. The first-order chi connectivity index (χ1) is 14.2. The van der Waals surface area contributed by atoms with Crippen molar-refractivity contribution >= 4 is 28.9 Å². The number of nitro groups is 1. The predicted molar refractivity (Wildman–Crippen MR) is 101 cm³/mol. The van der Waals surface area contributed by atoms with Gasteiger partial charge in [-0.3, -0.25) is 19.8 Å². The van der Waals surface area contributed by atoms with Gasteiger partial charge in [0, 0.05) is 16.7 Å². The van der Waals surface area contributed by atoms with Crippen LogP contribution < -0.4 is 4.90 Å². The Morgan fingerprint density at radius 1 is 0.933 bits per heavy atom. The molecule has 0 spiro atoms. The molecule has 0 bridgehead atoms. The molecule has 0 N–H and O–H groups in total. The highest BCUT2D eigenvalue weighted by molar-refractivity contribution is 6.31. The summed E-state index contributed by atoms with van der Waals surface area (Å²) in [6.07, 6.45) is 0. The third-order valence-electron chi connectivity index (χ3n) is 4.22. The van der Waals surface area contributed by atoms with Gasteiger partial charge in [0.1, 0.15) is 34.5 Å². The van der Waals surface area contributed by atoms with Crippen molar-refractivity contribution in [3.05, 3.63) is 104 Å². The molecule has 0 radical (unpaired) electrons. The Morgan fingerprint density at radius 3 is 2.00 bits per heavy atom. The second kappa shape index (κ2) is 8.50. The molecule has 0 atom stereocenters. The van der Waals surface area contributed by atoms with E-state index in [4.69, 9.17) is 11.6 Å². The summed E-state index contributed by atoms with van der Waals surface area (Å²) in [5.41, 5.74) is -2.78. The molecule has 5 nitrogen and oxygen atoms in total. The van der Waals surface area contributed by atoms with Crippen molar-refractivity contribution in [1.82, 2.24) is 0 Å². The molecule has 0 heterocycles. The molecule has 0 aliphatic rings. The van der Waals surface area contributed by atoms with Crippen LogP contribution in [0, 0.1) is 33.4 Å². The topological polar surface area (TPSA) is 63.5 Å². The molecule has 1 amide bonds. The molecule has 10 heteroatoms. The molecule has 3 aromatic carbocycles. The van der Waals surface area contributed by atoms with Crippen LogP contribution in [0.1, 0.15) is 15.9 Å². The number of benzene rings is 3. The molecule has 30 heavy (non-hydrogen) atoms. The predicted octanol–water partition coefficient (Wildman–Crippen LogP) is 5.65. The molecule has 0 saturated heterocycles. The molecule has 0 fully saturated rings. The molecule has 154 valence electrons. The number of amides is 1. The Morgan fingerprint density at radius 2 is 1.47 bits per heavy atom. The van der Waals surface area contributed by atoms with Crippen molar-refractivity contribution in [2.24, 2.45) is 0 Å². The van der Waals surface area contributed by atoms with Gasteiger partial charge in [0.2, 0.25) is 0 Å². The molecular formula is C20H11ClF4N2O3. The van der Waals surface area contributed by atoms with Crippen molar-refractivity contribution < 1.29 is 27.3 Å². The first-order valence-electron chi connectivity index (χ1n) is 8.33. The fraction of sp³-hybridized carbons (Fsp3) is 0.0500. The zero-order valence-corrected chi connectivity index (χ0v) is 15.7. The zero-order chi connectivity index (χ0) is 22.0. The number of rotatable bonds is 5. The number of halogens is 5. The maximum Gasteiger partial charge on any atom is 0.294 e. The van der Waals surface area contributed by atoms with Gasteiger partial charge in [0.05, 0.1) is 11.5 Å². The van der Waals surface area contributed by atoms with E-state index in [1.54, 1.807) is 0 Å². The summed E-state index contributed by atoms with van der Waals surface area (Å²) in [5.74, 6) is -5.93. The molecular weight excluding hydrogens is 428 g/mol. The number of hydrogen-bond acceptors (Lipinski definition) is 3. The molecule has 3 rings (SSSR count). The molecule has 3 aromatic rings. The van der Waals surface area contributed by atoms with Gasteiger partial charge >= 0.3 is 0 Å². The van der Waals surface area contributed by atoms with Gasteiger partial charge in [0.15, 0.2) is 0 Å². The Hall–Kier alpha value is -3.46. The van der Waals surface area contributed by atoms with Crippen LogP contribution >= 0.6 is 11.6 Å². The minimum Gasteiger partial charge on any atom is -0.297 e. The maximum atomic E-state index is 14.2. The van der Waals surface area contributed by atoms with Gasteiger partial charge < -0.3 is 0 Å². The van der Waals surface area contributed by atoms with E-state index in [0.29, 0.717) is 4.90 Å². The maximum absolute atomic E-state index is 14.2. The van der Waals surface area contributed by atoms with Crippen LogP contribution in [0.25, 0.3) is 0 Å². The smallest absolute Gasteiger partial charge is 0.294 e. The summed E-state index contributed by atoms with van der Waals surface area (Å²) in [7, 11) is 0. The number of nitrogens with zero attached hydrogens (tertiary/aromatic N) is 2. The third kappa shape index (κ3) is 4.11. The van der Waals surface area contributed by atoms with Crippen molar-refractivity contribution in [2.45, 2.75) is 6.54 Å². The summed E-state index contributed by atoms with van der Waals surface area (Å²) in [4.78, 5) is 24.1. The lowest BCUT2D eigenvalue weighted by Gasteiger charge is -2.24. The first-order valence-corrected chi connectivity index (χ1v) is 8.71. The lowest BCUT2D eigenvalue weighted by atomic mass is 10.1. The fourth-order valence-electron chi connectivity index (χ4n) is 2.82. The summed E-state index contributed by atoms with van der Waals surface area (Å²) in [6.45, 7) is -0.867. The Balaban J connectivity index is 2.22. The largest absolute Gasteiger partial charge is 0.297 e. The van der Waals surface area contributed by atoms with E-state index in [9.17, 15) is 32.5 Å². The van der Waals surface area contributed by atoms with Crippen molar-refractivity contribution in [1.29, 1.82) is 0 Å². The second-order valence-electron chi connectivity index (χ2n) is 6.08. The van der Waals surface area contributed by atoms with Crippen LogP contribution in [-0.2, 0) is 6.54 Å². The number of anilines is 1. The van der Waals surface area contributed by atoms with Crippen LogP contribution in [0.5, 0.6) is 0 Å². The lowest BCUT2D eigenvalue weighted by molar-refractivity contribution is -0.384. The lowest BCUT2D eigenvalue weighted by Crippen LogP contribution is -2.33. The van der Waals surface area contributed by atoms with Crippen molar-refractivity contribution in [3.8, 4) is 0 Å². The summed E-state index contributed by atoms with van der Waals surface area (Å²) in [5, 5.41) is 11.4. The van der Waals surface area contributed by atoms with Gasteiger partial charge in [-0.1, -0.05) is 23.7 Å². The van der Waals surface area contributed by atoms with Crippen LogP contribution in [0.4, 0.5) is 28.9 Å². The Kier molecular flexibility index (Phi) is 6.02. The summed E-state index contributed by atoms with van der Waals surface area (Å²) >= 11 is 5.78. The number of nitro benzene ring substituents is 1. The zero-order valence-electron chi connectivity index (χ0n) is 14.9. The minimum atomic E-state index is -1.36. The van der Waals surface area contributed by atoms with Gasteiger partial charge in [-0.05, 0) is 36.4 Å². The van der Waals surface area contributed by atoms with Crippen LogP contribution in [0.15, 0.2) is 54.6 Å². The fourth-order valence-corrected chi connectivity index (χ4v) is 2.98. The molecule has 0 aliphatic carbocycles. The number of carbonyl (C=O) groups excluding carboxylic acids is 1. The van der Waals surface area contributed by atoms with Crippen molar-refractivity contribution in [3.63, 3.8) is 0 Å². The van der Waals surface area contributed by atoms with Crippen molar-refractivity contribution in [2.75, 3.05) is 4.90 Å². The molecule has 0 saturated carbocycles. The quantitative estimate of drug-likeness (QED) is 0.294. The van der Waals surface area contributed by atoms with E-state index in [1.807, 2.05) is 0 Å². The van der Waals surface area contributed by atoms with E-state index in [1.165, 1.54) is 6.07 Å². The van der Waals surface area contributed by atoms with Crippen LogP contribution in [0.3, 0.4) is 0 Å². The number of carbonyl (C=O) groups is 1. The van der Waals surface area contributed by atoms with Crippen LogP contribution in [0.2, 0.25) is 5.02 Å². The highest BCUT2D eigenvalue weighted by atomic mass is 35.5. The normalized spacial score (nSPS) is 10.7. The van der Waals surface area contributed by atoms with Gasteiger partial charge in [-0.2, -0.15) is 0 Å². The van der Waals surface area contributed by atoms with E-state index in [0.717, 1.165) is 48.5 Å². The first kappa shape index (κ1) is 21.3. The van der Waals surface area contributed by atoms with Gasteiger partial charge in [0.25, 0.3) is 11.6 Å². The Labute approximate surface area is 172 Å². The van der Waals surface area contributed by atoms with E-state index in [-0.39, 0.29) is 5.02 Å². The van der Waals surface area contributed by atoms with Crippen LogP contribution in [-0.4, -0.2) is 10.8 Å². The molecule has 0 unspecified atom stereocenters. The van der Waals surface area contributed by atoms with Gasteiger partial charge in [-0.25, -0.2) is 17.6 Å². The minimum absolute atomic E-state index is 0.0491. The van der Waals surface area contributed by atoms with E-state index < -0.39 is 63.1 Å². The monoisotopic (exact) mass is 438 g/mol. The Bertz CT molecular complexity index is 1120. The van der Waals surface area contributed by atoms with E-state index in [2.05, 4.69) is 0 Å². The van der Waals surface area contributed by atoms with Gasteiger partial charge in [-0.15, -0.1) is 0 Å². The average molecular weight is 439 g/mol. The third-order valence-corrected chi connectivity index (χ3v) is 4.46. The molecule has 0 aromatic heterocycles. The standard InChI is InChI=1S/C20H11ClF4N2O3/c21-11-7-8-17(18(9-11)27(29)30)26(10-12-13(22)3-1-4-14(12)23)20(28)19-15(24)5-2-6-16(19)25/h1-9H,10H2. The second-order valence-corrected chi connectivity index (χ2v) is 6.51. The van der Waals surface area contributed by atoms with E-state index >= 15 is 0 Å². The highest BCUT2D eigenvalue weighted by Gasteiger charge is 2.31. The average Bonchev–Trinajstić information content (AvgIpc) is 2.68. The number of hydrogen-bond donors (Lipinski definition) is 0.